The Labute approximate surface area is 275 Å². The molecule has 0 radical (unpaired) electrons. The van der Waals surface area contributed by atoms with Gasteiger partial charge in [-0.15, -0.1) is 23.1 Å². The fourth-order valence-electron chi connectivity index (χ4n) is 4.81. The van der Waals surface area contributed by atoms with E-state index in [9.17, 15) is 31.1 Å². The lowest BCUT2D eigenvalue weighted by atomic mass is 10.0. The van der Waals surface area contributed by atoms with Gasteiger partial charge in [0.2, 0.25) is 0 Å². The van der Waals surface area contributed by atoms with Crippen LogP contribution in [0.4, 0.5) is 26.3 Å². The van der Waals surface area contributed by atoms with Crippen molar-refractivity contribution in [2.24, 2.45) is 0 Å². The maximum Gasteiger partial charge on any atom is 0.416 e. The molecule has 1 unspecified atom stereocenters. The van der Waals surface area contributed by atoms with E-state index in [-0.39, 0.29) is 17.4 Å². The number of thiazole rings is 1. The second-order valence-electron chi connectivity index (χ2n) is 10.6. The number of rotatable bonds is 10. The van der Waals surface area contributed by atoms with Crippen LogP contribution in [0.1, 0.15) is 32.5 Å². The van der Waals surface area contributed by atoms with Crippen molar-refractivity contribution < 1.29 is 40.6 Å². The van der Waals surface area contributed by atoms with Gasteiger partial charge in [0.1, 0.15) is 10.8 Å². The molecule has 0 aliphatic heterocycles. The van der Waals surface area contributed by atoms with Crippen molar-refractivity contribution in [2.75, 3.05) is 13.7 Å². The Balaban J connectivity index is 1.45. The minimum atomic E-state index is -4.45. The molecule has 1 aromatic heterocycles. The normalized spacial score (nSPS) is 12.2. The Bertz CT molecular complexity index is 1870. The van der Waals surface area contributed by atoms with Gasteiger partial charge in [0.15, 0.2) is 24.1 Å². The molecule has 0 saturated carbocycles. The molecule has 0 spiro atoms. The third kappa shape index (κ3) is 8.17. The van der Waals surface area contributed by atoms with Crippen LogP contribution in [0.25, 0.3) is 21.7 Å². The number of nitrogens with zero attached hydrogens (tertiary/aromatic N) is 1. The summed E-state index contributed by atoms with van der Waals surface area (Å²) >= 11 is 2.95. The molecule has 4 nitrogen and oxygen atoms in total. The zero-order valence-corrected chi connectivity index (χ0v) is 26.9. The number of ether oxygens (including phenoxy) is 2. The van der Waals surface area contributed by atoms with Crippen LogP contribution in [0.15, 0.2) is 83.8 Å². The lowest BCUT2D eigenvalue weighted by Gasteiger charge is -2.18. The Morgan fingerprint density at radius 1 is 0.872 bits per heavy atom. The van der Waals surface area contributed by atoms with Gasteiger partial charge >= 0.3 is 12.1 Å². The summed E-state index contributed by atoms with van der Waals surface area (Å²) in [7, 11) is 1.28. The Hall–Kier alpha value is -4.29. The average Bonchev–Trinajstić information content (AvgIpc) is 3.43. The monoisotopic (exact) mass is 687 g/mol. The van der Waals surface area contributed by atoms with Gasteiger partial charge in [0.05, 0.1) is 18.4 Å². The van der Waals surface area contributed by atoms with Crippen molar-refractivity contribution in [3.8, 4) is 27.4 Å². The summed E-state index contributed by atoms with van der Waals surface area (Å²) in [6.07, 6.45) is -3.94. The summed E-state index contributed by atoms with van der Waals surface area (Å²) in [5.41, 5.74) is 2.95. The number of esters is 1. The zero-order chi connectivity index (χ0) is 33.9. The van der Waals surface area contributed by atoms with E-state index >= 15 is 0 Å². The van der Waals surface area contributed by atoms with E-state index in [1.807, 2.05) is 38.1 Å². The summed E-state index contributed by atoms with van der Waals surface area (Å²) < 4.78 is 90.8. The maximum atomic E-state index is 13.9. The first-order valence-electron chi connectivity index (χ1n) is 14.2. The lowest BCUT2D eigenvalue weighted by Crippen LogP contribution is -2.13. The first-order chi connectivity index (χ1) is 22.3. The van der Waals surface area contributed by atoms with Gasteiger partial charge < -0.3 is 9.47 Å². The number of benzene rings is 4. The van der Waals surface area contributed by atoms with Crippen LogP contribution in [-0.4, -0.2) is 24.7 Å². The highest BCUT2D eigenvalue weighted by atomic mass is 32.2. The molecule has 47 heavy (non-hydrogen) atoms. The topological polar surface area (TPSA) is 48.4 Å². The SMILES string of the molecule is COC(=O)COc1ccc(SC(Cc2ccc(-c3cc(F)c(F)c(F)c3)cc2)c2sc(-c3ccc(C(F)(F)F)cc3)nc2C)cc1C. The molecule has 4 aromatic carbocycles. The molecule has 12 heteroatoms. The fourth-order valence-corrected chi connectivity index (χ4v) is 7.42. The first kappa shape index (κ1) is 34.1. The van der Waals surface area contributed by atoms with E-state index in [1.165, 1.54) is 30.6 Å². The van der Waals surface area contributed by atoms with Crippen LogP contribution >= 0.6 is 23.1 Å². The van der Waals surface area contributed by atoms with Crippen LogP contribution in [0.3, 0.4) is 0 Å². The molecule has 0 aliphatic rings. The smallest absolute Gasteiger partial charge is 0.416 e. The highest BCUT2D eigenvalue weighted by molar-refractivity contribution is 7.99. The number of thioether (sulfide) groups is 1. The van der Waals surface area contributed by atoms with Gasteiger partial charge in [0, 0.05) is 20.6 Å². The summed E-state index contributed by atoms with van der Waals surface area (Å²) in [5.74, 6) is -4.06. The second-order valence-corrected chi connectivity index (χ2v) is 12.9. The number of halogens is 6. The molecule has 0 saturated heterocycles. The third-order valence-corrected chi connectivity index (χ3v) is 9.96. The van der Waals surface area contributed by atoms with Crippen molar-refractivity contribution >= 4 is 29.1 Å². The summed E-state index contributed by atoms with van der Waals surface area (Å²) in [5, 5.41) is 0.388. The van der Waals surface area contributed by atoms with E-state index in [1.54, 1.807) is 30.0 Å². The number of carbonyl (C=O) groups is 1. The van der Waals surface area contributed by atoms with Crippen molar-refractivity contribution in [1.29, 1.82) is 0 Å². The second kappa shape index (κ2) is 14.2. The molecule has 5 aromatic rings. The molecule has 0 fully saturated rings. The molecule has 5 rings (SSSR count). The first-order valence-corrected chi connectivity index (χ1v) is 15.9. The zero-order valence-electron chi connectivity index (χ0n) is 25.3. The third-order valence-electron chi connectivity index (χ3n) is 7.27. The molecule has 244 valence electrons. The van der Waals surface area contributed by atoms with E-state index < -0.39 is 35.2 Å². The van der Waals surface area contributed by atoms with Crippen LogP contribution in [0, 0.1) is 31.3 Å². The van der Waals surface area contributed by atoms with Gasteiger partial charge in [0.25, 0.3) is 0 Å². The van der Waals surface area contributed by atoms with E-state index in [2.05, 4.69) is 4.74 Å². The average molecular weight is 688 g/mol. The van der Waals surface area contributed by atoms with E-state index in [4.69, 9.17) is 9.72 Å². The van der Waals surface area contributed by atoms with Gasteiger partial charge in [-0.3, -0.25) is 0 Å². The predicted octanol–water partition coefficient (Wildman–Crippen LogP) is 10.2. The number of methoxy groups -OCH3 is 1. The molecule has 0 aliphatic carbocycles. The van der Waals surface area contributed by atoms with Crippen molar-refractivity contribution in [1.82, 2.24) is 4.98 Å². The van der Waals surface area contributed by atoms with Crippen LogP contribution < -0.4 is 4.74 Å². The number of aryl methyl sites for hydroxylation is 2. The van der Waals surface area contributed by atoms with Crippen molar-refractivity contribution in [3.05, 3.63) is 124 Å². The van der Waals surface area contributed by atoms with Gasteiger partial charge in [-0.05, 0) is 85.0 Å². The number of carbonyl (C=O) groups excluding carboxylic acids is 1. The van der Waals surface area contributed by atoms with Crippen molar-refractivity contribution in [2.45, 2.75) is 36.6 Å². The largest absolute Gasteiger partial charge is 0.482 e. The van der Waals surface area contributed by atoms with Gasteiger partial charge in [-0.2, -0.15) is 13.2 Å². The number of hydrogen-bond donors (Lipinski definition) is 0. The number of alkyl halides is 3. The molecule has 1 heterocycles. The molecular weight excluding hydrogens is 661 g/mol. The van der Waals surface area contributed by atoms with Crippen LogP contribution in [0.2, 0.25) is 0 Å². The molecule has 0 amide bonds. The molecule has 0 N–H and O–H groups in total. The van der Waals surface area contributed by atoms with E-state index in [0.29, 0.717) is 28.3 Å². The van der Waals surface area contributed by atoms with Gasteiger partial charge in [-0.1, -0.05) is 36.4 Å². The minimum Gasteiger partial charge on any atom is -0.482 e. The lowest BCUT2D eigenvalue weighted by molar-refractivity contribution is -0.143. The Kier molecular flexibility index (Phi) is 10.3. The Morgan fingerprint density at radius 3 is 2.11 bits per heavy atom. The number of hydrogen-bond acceptors (Lipinski definition) is 6. The fraction of sp³-hybridized carbons (Fsp3) is 0.200. The standard InChI is InChI=1S/C35H27F6NO3S2/c1-19-14-26(12-13-29(19)45-18-31(43)44-3)46-30(15-21-4-6-22(7-5-21)24-16-27(36)32(38)28(37)17-24)33-20(2)42-34(47-33)23-8-10-25(11-9-23)35(39,40)41/h4-14,16-17,30H,15,18H2,1-3H3. The summed E-state index contributed by atoms with van der Waals surface area (Å²) in [6.45, 7) is 3.47. The molecule has 1 atom stereocenters. The Morgan fingerprint density at radius 2 is 1.51 bits per heavy atom. The molecular formula is C35H27F6NO3S2. The van der Waals surface area contributed by atoms with Crippen LogP contribution in [-0.2, 0) is 22.1 Å². The maximum absolute atomic E-state index is 13.9. The summed E-state index contributed by atoms with van der Waals surface area (Å²) in [6, 6.07) is 19.4. The van der Waals surface area contributed by atoms with E-state index in [0.717, 1.165) is 50.9 Å². The van der Waals surface area contributed by atoms with Crippen molar-refractivity contribution in [3.63, 3.8) is 0 Å². The predicted molar refractivity (Wildman–Crippen MR) is 170 cm³/mol. The summed E-state index contributed by atoms with van der Waals surface area (Å²) in [4.78, 5) is 18.0. The van der Waals surface area contributed by atoms with Crippen LogP contribution in [0.5, 0.6) is 5.75 Å². The van der Waals surface area contributed by atoms with Gasteiger partial charge in [-0.25, -0.2) is 22.9 Å². The highest BCUT2D eigenvalue weighted by Crippen LogP contribution is 2.44. The highest BCUT2D eigenvalue weighted by Gasteiger charge is 2.30. The minimum absolute atomic E-state index is 0.191. The molecule has 0 bridgehead atoms. The number of aromatic nitrogens is 1. The quantitative estimate of drug-likeness (QED) is 0.0633.